The summed E-state index contributed by atoms with van der Waals surface area (Å²) in [5.41, 5.74) is 1.94. The molecule has 1 saturated heterocycles. The maximum Gasteiger partial charge on any atom is 0.214 e. The number of rotatable bonds is 4. The first-order valence-corrected chi connectivity index (χ1v) is 10.5. The van der Waals surface area contributed by atoms with Crippen molar-refractivity contribution in [2.75, 3.05) is 43.1 Å². The van der Waals surface area contributed by atoms with Crippen LogP contribution in [0.1, 0.15) is 0 Å². The van der Waals surface area contributed by atoms with Gasteiger partial charge in [-0.3, -0.25) is 0 Å². The molecule has 9 heteroatoms. The quantitative estimate of drug-likeness (QED) is 0.494. The summed E-state index contributed by atoms with van der Waals surface area (Å²) in [5, 5.41) is 6.46. The Bertz CT molecular complexity index is 1100. The highest BCUT2D eigenvalue weighted by atomic mass is 35.5. The largest absolute Gasteiger partial charge is 0.497 e. The molecule has 1 fully saturated rings. The Kier molecular flexibility index (Phi) is 4.73. The molecule has 4 aromatic rings. The summed E-state index contributed by atoms with van der Waals surface area (Å²) in [4.78, 5) is 14.7. The number of nitrogens with zero attached hydrogens (tertiary/aromatic N) is 6. The third-order valence-corrected chi connectivity index (χ3v) is 6.23. The molecule has 0 amide bonds. The SMILES string of the molecule is COc1ccnc(N2CCN(c3nn4cc(-c5ccc(Cl)cc5)nc4s3)CC2)c1. The molecule has 0 radical (unpaired) electrons. The van der Waals surface area contributed by atoms with Crippen molar-refractivity contribution in [3.63, 3.8) is 0 Å². The third kappa shape index (κ3) is 3.61. The van der Waals surface area contributed by atoms with Gasteiger partial charge in [0.25, 0.3) is 0 Å². The van der Waals surface area contributed by atoms with E-state index in [1.807, 2.05) is 47.1 Å². The van der Waals surface area contributed by atoms with E-state index < -0.39 is 0 Å². The zero-order chi connectivity index (χ0) is 19.8. The second kappa shape index (κ2) is 7.53. The van der Waals surface area contributed by atoms with E-state index in [2.05, 4.69) is 14.8 Å². The van der Waals surface area contributed by atoms with E-state index in [4.69, 9.17) is 26.4 Å². The standard InChI is InChI=1S/C20H19ClN6OS/c1-28-16-6-7-22-18(12-16)25-8-10-26(11-9-25)20-24-27-13-17(23-19(27)29-20)14-2-4-15(21)5-3-14/h2-7,12-13H,8-11H2,1H3. The lowest BCUT2D eigenvalue weighted by Gasteiger charge is -2.35. The lowest BCUT2D eigenvalue weighted by Crippen LogP contribution is -2.46. The van der Waals surface area contributed by atoms with Crippen molar-refractivity contribution in [3.8, 4) is 17.0 Å². The number of methoxy groups -OCH3 is 1. The number of ether oxygens (including phenoxy) is 1. The molecule has 1 aliphatic rings. The van der Waals surface area contributed by atoms with E-state index in [1.165, 1.54) is 0 Å². The summed E-state index contributed by atoms with van der Waals surface area (Å²) in [6, 6.07) is 11.5. The minimum absolute atomic E-state index is 0.721. The number of piperazine rings is 1. The number of benzene rings is 1. The van der Waals surface area contributed by atoms with Crippen LogP contribution in [-0.4, -0.2) is 52.9 Å². The van der Waals surface area contributed by atoms with Crippen molar-refractivity contribution in [1.82, 2.24) is 19.6 Å². The first kappa shape index (κ1) is 18.2. The summed E-state index contributed by atoms with van der Waals surface area (Å²) in [6.07, 6.45) is 3.75. The second-order valence-corrected chi connectivity index (χ2v) is 8.14. The zero-order valence-corrected chi connectivity index (χ0v) is 17.4. The van der Waals surface area contributed by atoms with Gasteiger partial charge in [-0.1, -0.05) is 35.1 Å². The molecule has 0 atom stereocenters. The molecule has 1 aliphatic heterocycles. The topological polar surface area (TPSA) is 58.8 Å². The molecule has 1 aromatic carbocycles. The highest BCUT2D eigenvalue weighted by molar-refractivity contribution is 7.20. The van der Waals surface area contributed by atoms with Crippen LogP contribution in [0.5, 0.6) is 5.75 Å². The molecule has 29 heavy (non-hydrogen) atoms. The van der Waals surface area contributed by atoms with Crippen LogP contribution in [0.2, 0.25) is 5.02 Å². The molecule has 0 saturated carbocycles. The monoisotopic (exact) mass is 426 g/mol. The van der Waals surface area contributed by atoms with E-state index in [0.29, 0.717) is 0 Å². The fourth-order valence-electron chi connectivity index (χ4n) is 3.40. The van der Waals surface area contributed by atoms with Gasteiger partial charge in [-0.2, -0.15) is 0 Å². The van der Waals surface area contributed by atoms with Crippen molar-refractivity contribution in [3.05, 3.63) is 53.8 Å². The molecular formula is C20H19ClN6OS. The number of halogens is 1. The molecule has 7 nitrogen and oxygen atoms in total. The van der Waals surface area contributed by atoms with Crippen LogP contribution < -0.4 is 14.5 Å². The number of fused-ring (bicyclic) bond motifs is 1. The normalized spacial score (nSPS) is 14.6. The van der Waals surface area contributed by atoms with E-state index in [9.17, 15) is 0 Å². The fourth-order valence-corrected chi connectivity index (χ4v) is 4.46. The molecule has 0 spiro atoms. The molecule has 4 heterocycles. The Hall–Kier alpha value is -2.84. The summed E-state index contributed by atoms with van der Waals surface area (Å²) in [5.74, 6) is 1.78. The average Bonchev–Trinajstić information content (AvgIpc) is 3.34. The highest BCUT2D eigenvalue weighted by Crippen LogP contribution is 2.28. The average molecular weight is 427 g/mol. The lowest BCUT2D eigenvalue weighted by atomic mass is 10.2. The van der Waals surface area contributed by atoms with Crippen LogP contribution in [0.25, 0.3) is 16.2 Å². The molecule has 0 aliphatic carbocycles. The van der Waals surface area contributed by atoms with Gasteiger partial charge >= 0.3 is 0 Å². The zero-order valence-electron chi connectivity index (χ0n) is 15.8. The molecule has 148 valence electrons. The number of imidazole rings is 1. The highest BCUT2D eigenvalue weighted by Gasteiger charge is 2.22. The fraction of sp³-hybridized carbons (Fsp3) is 0.250. The summed E-state index contributed by atoms with van der Waals surface area (Å²) in [6.45, 7) is 3.55. The first-order chi connectivity index (χ1) is 14.2. The predicted octanol–water partition coefficient (Wildman–Crippen LogP) is 3.84. The Morgan fingerprint density at radius 3 is 2.52 bits per heavy atom. The maximum absolute atomic E-state index is 5.97. The maximum atomic E-state index is 5.97. The van der Waals surface area contributed by atoms with E-state index >= 15 is 0 Å². The predicted molar refractivity (Wildman–Crippen MR) is 117 cm³/mol. The molecule has 0 N–H and O–H groups in total. The van der Waals surface area contributed by atoms with Crippen LogP contribution in [0.4, 0.5) is 10.9 Å². The molecule has 0 bridgehead atoms. The van der Waals surface area contributed by atoms with Gasteiger partial charge in [-0.05, 0) is 18.2 Å². The van der Waals surface area contributed by atoms with Gasteiger partial charge in [-0.25, -0.2) is 14.5 Å². The van der Waals surface area contributed by atoms with Crippen LogP contribution in [0.15, 0.2) is 48.8 Å². The molecule has 3 aromatic heterocycles. The van der Waals surface area contributed by atoms with Crippen LogP contribution in [0, 0.1) is 0 Å². The smallest absolute Gasteiger partial charge is 0.214 e. The Balaban J connectivity index is 1.29. The summed E-state index contributed by atoms with van der Waals surface area (Å²) >= 11 is 7.59. The molecule has 0 unspecified atom stereocenters. The second-order valence-electron chi connectivity index (χ2n) is 6.77. The molecular weight excluding hydrogens is 408 g/mol. The molecule has 5 rings (SSSR count). The number of hydrogen-bond donors (Lipinski definition) is 0. The Morgan fingerprint density at radius 1 is 1.03 bits per heavy atom. The van der Waals surface area contributed by atoms with Crippen molar-refractivity contribution in [2.24, 2.45) is 0 Å². The van der Waals surface area contributed by atoms with E-state index in [-0.39, 0.29) is 0 Å². The van der Waals surface area contributed by atoms with Gasteiger partial charge in [0.05, 0.1) is 19.0 Å². The van der Waals surface area contributed by atoms with Crippen molar-refractivity contribution in [2.45, 2.75) is 0 Å². The van der Waals surface area contributed by atoms with Gasteiger partial charge in [-0.15, -0.1) is 5.10 Å². The summed E-state index contributed by atoms with van der Waals surface area (Å²) in [7, 11) is 1.67. The third-order valence-electron chi connectivity index (χ3n) is 5.00. The van der Waals surface area contributed by atoms with Gasteiger partial charge in [0.1, 0.15) is 11.6 Å². The Labute approximate surface area is 177 Å². The minimum Gasteiger partial charge on any atom is -0.497 e. The first-order valence-electron chi connectivity index (χ1n) is 9.32. The number of anilines is 2. The van der Waals surface area contributed by atoms with Gasteiger partial charge in [0.2, 0.25) is 10.1 Å². The minimum atomic E-state index is 0.721. The number of pyridine rings is 1. The van der Waals surface area contributed by atoms with Gasteiger partial charge < -0.3 is 14.5 Å². The van der Waals surface area contributed by atoms with Crippen molar-refractivity contribution >= 4 is 38.8 Å². The van der Waals surface area contributed by atoms with E-state index in [1.54, 1.807) is 24.6 Å². The van der Waals surface area contributed by atoms with Gasteiger partial charge in [0.15, 0.2) is 0 Å². The van der Waals surface area contributed by atoms with E-state index in [0.717, 1.165) is 64.1 Å². The summed E-state index contributed by atoms with van der Waals surface area (Å²) < 4.78 is 7.17. The van der Waals surface area contributed by atoms with Crippen LogP contribution in [0.3, 0.4) is 0 Å². The Morgan fingerprint density at radius 2 is 1.79 bits per heavy atom. The van der Waals surface area contributed by atoms with Gasteiger partial charge in [0, 0.05) is 49.0 Å². The van der Waals surface area contributed by atoms with Crippen LogP contribution >= 0.6 is 22.9 Å². The number of hydrogen-bond acceptors (Lipinski definition) is 7. The van der Waals surface area contributed by atoms with Crippen LogP contribution in [-0.2, 0) is 0 Å². The number of aromatic nitrogens is 4. The van der Waals surface area contributed by atoms with Crippen molar-refractivity contribution < 1.29 is 4.74 Å². The van der Waals surface area contributed by atoms with Crippen molar-refractivity contribution in [1.29, 1.82) is 0 Å². The lowest BCUT2D eigenvalue weighted by molar-refractivity contribution is 0.414.